The number of hydrogen-bond acceptors (Lipinski definition) is 7. The Hall–Kier alpha value is -3.00. The van der Waals surface area contributed by atoms with Gasteiger partial charge >= 0.3 is 0 Å². The van der Waals surface area contributed by atoms with Gasteiger partial charge in [-0.2, -0.15) is 0 Å². The Kier molecular flexibility index (Phi) is 4.72. The molecule has 1 atom stereocenters. The maximum atomic E-state index is 12.4. The first-order valence-electron chi connectivity index (χ1n) is 8.83. The summed E-state index contributed by atoms with van der Waals surface area (Å²) in [6.45, 7) is 1.85. The molecule has 0 radical (unpaired) electrons. The summed E-state index contributed by atoms with van der Waals surface area (Å²) in [5.74, 6) is 1.13. The van der Waals surface area contributed by atoms with E-state index < -0.39 is 0 Å². The van der Waals surface area contributed by atoms with Crippen LogP contribution in [0.1, 0.15) is 54.1 Å². The molecule has 1 amide bonds. The van der Waals surface area contributed by atoms with Crippen LogP contribution in [0.15, 0.2) is 45.3 Å². The predicted molar refractivity (Wildman–Crippen MR) is 94.9 cm³/mol. The SMILES string of the molecule is COC(C)c1nnc(C2CC(NC(=O)c3cc(-c4ccccc4)no3)C2)o1. The lowest BCUT2D eigenvalue weighted by molar-refractivity contribution is 0.0851. The number of carbonyl (C=O) groups excluding carboxylic acids is 1. The van der Waals surface area contributed by atoms with Crippen molar-refractivity contribution in [3.8, 4) is 11.3 Å². The quantitative estimate of drug-likeness (QED) is 0.713. The third-order valence-corrected chi connectivity index (χ3v) is 4.78. The monoisotopic (exact) mass is 368 g/mol. The van der Waals surface area contributed by atoms with Crippen LogP contribution in [0.25, 0.3) is 11.3 Å². The Morgan fingerprint density at radius 3 is 2.78 bits per heavy atom. The molecular weight excluding hydrogens is 348 g/mol. The summed E-state index contributed by atoms with van der Waals surface area (Å²) in [6, 6.07) is 11.3. The van der Waals surface area contributed by atoms with E-state index in [1.54, 1.807) is 13.2 Å². The van der Waals surface area contributed by atoms with E-state index in [1.165, 1.54) is 0 Å². The molecule has 0 bridgehead atoms. The Balaban J connectivity index is 1.32. The number of benzene rings is 1. The molecule has 1 saturated carbocycles. The van der Waals surface area contributed by atoms with Crippen LogP contribution < -0.4 is 5.32 Å². The second kappa shape index (κ2) is 7.32. The zero-order valence-corrected chi connectivity index (χ0v) is 15.1. The molecule has 8 heteroatoms. The highest BCUT2D eigenvalue weighted by atomic mass is 16.5. The third kappa shape index (κ3) is 3.61. The molecule has 2 heterocycles. The molecule has 0 aliphatic heterocycles. The Morgan fingerprint density at radius 1 is 1.26 bits per heavy atom. The predicted octanol–water partition coefficient (Wildman–Crippen LogP) is 3.11. The smallest absolute Gasteiger partial charge is 0.290 e. The van der Waals surface area contributed by atoms with Crippen LogP contribution in [0.2, 0.25) is 0 Å². The summed E-state index contributed by atoms with van der Waals surface area (Å²) < 4.78 is 16.0. The van der Waals surface area contributed by atoms with Crippen LogP contribution in [0.5, 0.6) is 0 Å². The van der Waals surface area contributed by atoms with E-state index in [9.17, 15) is 4.79 Å². The van der Waals surface area contributed by atoms with Crippen molar-refractivity contribution in [3.05, 3.63) is 53.9 Å². The first kappa shape index (κ1) is 17.4. The molecule has 1 aliphatic rings. The average Bonchev–Trinajstić information content (AvgIpc) is 3.34. The largest absolute Gasteiger partial charge is 0.422 e. The highest BCUT2D eigenvalue weighted by molar-refractivity contribution is 5.92. The third-order valence-electron chi connectivity index (χ3n) is 4.78. The Labute approximate surface area is 155 Å². The van der Waals surface area contributed by atoms with Gasteiger partial charge in [0, 0.05) is 30.7 Å². The summed E-state index contributed by atoms with van der Waals surface area (Å²) >= 11 is 0. The topological polar surface area (TPSA) is 103 Å². The van der Waals surface area contributed by atoms with Crippen LogP contribution >= 0.6 is 0 Å². The molecule has 140 valence electrons. The molecule has 0 spiro atoms. The van der Waals surface area contributed by atoms with E-state index >= 15 is 0 Å². The summed E-state index contributed by atoms with van der Waals surface area (Å²) in [5, 5.41) is 15.0. The van der Waals surface area contributed by atoms with Crippen LogP contribution in [0.3, 0.4) is 0 Å². The molecule has 1 aromatic carbocycles. The van der Waals surface area contributed by atoms with Crippen molar-refractivity contribution in [3.63, 3.8) is 0 Å². The summed E-state index contributed by atoms with van der Waals surface area (Å²) in [6.07, 6.45) is 1.26. The van der Waals surface area contributed by atoms with E-state index in [-0.39, 0.29) is 29.7 Å². The number of carbonyl (C=O) groups is 1. The average molecular weight is 368 g/mol. The standard InChI is InChI=1S/C19H20N4O4/c1-11(25-2)18-21-22-19(26-18)13-8-14(9-13)20-17(24)16-10-15(23-27-16)12-6-4-3-5-7-12/h3-7,10-11,13-14H,8-9H2,1-2H3,(H,20,24). The lowest BCUT2D eigenvalue weighted by Gasteiger charge is -2.33. The van der Waals surface area contributed by atoms with Crippen molar-refractivity contribution < 1.29 is 18.5 Å². The number of nitrogens with zero attached hydrogens (tertiary/aromatic N) is 3. The van der Waals surface area contributed by atoms with Gasteiger partial charge in [0.1, 0.15) is 11.8 Å². The summed E-state index contributed by atoms with van der Waals surface area (Å²) in [5.41, 5.74) is 1.54. The second-order valence-corrected chi connectivity index (χ2v) is 6.64. The van der Waals surface area contributed by atoms with Crippen molar-refractivity contribution in [2.45, 2.75) is 37.8 Å². The number of amides is 1. The fourth-order valence-corrected chi connectivity index (χ4v) is 3.00. The van der Waals surface area contributed by atoms with Gasteiger partial charge < -0.3 is 19.0 Å². The first-order valence-corrected chi connectivity index (χ1v) is 8.83. The molecule has 2 aromatic heterocycles. The highest BCUT2D eigenvalue weighted by Crippen LogP contribution is 2.36. The molecular formula is C19H20N4O4. The molecule has 3 aromatic rings. The van der Waals surface area contributed by atoms with Gasteiger partial charge in [-0.1, -0.05) is 35.5 Å². The molecule has 0 saturated heterocycles. The molecule has 1 fully saturated rings. The van der Waals surface area contributed by atoms with Crippen molar-refractivity contribution in [2.24, 2.45) is 0 Å². The van der Waals surface area contributed by atoms with E-state index in [2.05, 4.69) is 20.7 Å². The van der Waals surface area contributed by atoms with Gasteiger partial charge in [0.15, 0.2) is 0 Å². The minimum absolute atomic E-state index is 0.0444. The van der Waals surface area contributed by atoms with Gasteiger partial charge in [-0.05, 0) is 19.8 Å². The van der Waals surface area contributed by atoms with E-state index in [4.69, 9.17) is 13.7 Å². The van der Waals surface area contributed by atoms with E-state index in [1.807, 2.05) is 37.3 Å². The molecule has 27 heavy (non-hydrogen) atoms. The van der Waals surface area contributed by atoms with Crippen LogP contribution in [-0.4, -0.2) is 34.4 Å². The summed E-state index contributed by atoms with van der Waals surface area (Å²) in [7, 11) is 1.59. The Bertz CT molecular complexity index is 915. The normalized spacial score (nSPS) is 20.1. The zero-order chi connectivity index (χ0) is 18.8. The van der Waals surface area contributed by atoms with Crippen molar-refractivity contribution >= 4 is 5.91 Å². The fraction of sp³-hybridized carbons (Fsp3) is 0.368. The first-order chi connectivity index (χ1) is 13.1. The van der Waals surface area contributed by atoms with Crippen molar-refractivity contribution in [1.29, 1.82) is 0 Å². The minimum Gasteiger partial charge on any atom is -0.422 e. The van der Waals surface area contributed by atoms with Crippen LogP contribution in [0, 0.1) is 0 Å². The van der Waals surface area contributed by atoms with Crippen molar-refractivity contribution in [2.75, 3.05) is 7.11 Å². The zero-order valence-electron chi connectivity index (χ0n) is 15.1. The number of ether oxygens (including phenoxy) is 1. The maximum Gasteiger partial charge on any atom is 0.290 e. The number of hydrogen-bond donors (Lipinski definition) is 1. The van der Waals surface area contributed by atoms with Crippen molar-refractivity contribution in [1.82, 2.24) is 20.7 Å². The minimum atomic E-state index is -0.271. The lowest BCUT2D eigenvalue weighted by atomic mass is 9.80. The summed E-state index contributed by atoms with van der Waals surface area (Å²) in [4.78, 5) is 12.4. The molecule has 8 nitrogen and oxygen atoms in total. The lowest BCUT2D eigenvalue weighted by Crippen LogP contribution is -2.43. The van der Waals surface area contributed by atoms with Crippen LogP contribution in [0.4, 0.5) is 0 Å². The second-order valence-electron chi connectivity index (χ2n) is 6.64. The molecule has 1 aliphatic carbocycles. The molecule has 1 N–H and O–H groups in total. The van der Waals surface area contributed by atoms with Crippen LogP contribution in [-0.2, 0) is 4.74 Å². The molecule has 4 rings (SSSR count). The number of aromatic nitrogens is 3. The molecule has 1 unspecified atom stereocenters. The van der Waals surface area contributed by atoms with E-state index in [0.29, 0.717) is 17.5 Å². The highest BCUT2D eigenvalue weighted by Gasteiger charge is 2.36. The number of methoxy groups -OCH3 is 1. The van der Waals surface area contributed by atoms with Gasteiger partial charge in [-0.3, -0.25) is 4.79 Å². The number of rotatable bonds is 6. The van der Waals surface area contributed by atoms with E-state index in [0.717, 1.165) is 18.4 Å². The van der Waals surface area contributed by atoms with Gasteiger partial charge in [0.2, 0.25) is 17.5 Å². The van der Waals surface area contributed by atoms with Gasteiger partial charge in [-0.25, -0.2) is 0 Å². The van der Waals surface area contributed by atoms with Gasteiger partial charge in [0.25, 0.3) is 5.91 Å². The fourth-order valence-electron chi connectivity index (χ4n) is 3.00. The number of nitrogens with one attached hydrogen (secondary N) is 1. The van der Waals surface area contributed by atoms with Gasteiger partial charge in [-0.15, -0.1) is 10.2 Å². The maximum absolute atomic E-state index is 12.4. The Morgan fingerprint density at radius 2 is 2.04 bits per heavy atom. The van der Waals surface area contributed by atoms with Gasteiger partial charge in [0.05, 0.1) is 0 Å².